The van der Waals surface area contributed by atoms with Gasteiger partial charge in [0.05, 0.1) is 0 Å². The molecule has 1 aromatic rings. The summed E-state index contributed by atoms with van der Waals surface area (Å²) in [6, 6.07) is 8.47. The van der Waals surface area contributed by atoms with Crippen LogP contribution in [-0.4, -0.2) is 35.9 Å². The molecular weight excluding hydrogens is 184 g/mol. The Morgan fingerprint density at radius 3 is 2.00 bits per heavy atom. The van der Waals surface area contributed by atoms with Gasteiger partial charge in [-0.25, -0.2) is 12.1 Å². The van der Waals surface area contributed by atoms with Crippen LogP contribution >= 0.6 is 0 Å². The van der Waals surface area contributed by atoms with E-state index in [2.05, 4.69) is 43.4 Å². The van der Waals surface area contributed by atoms with E-state index in [1.165, 1.54) is 5.56 Å². The molecule has 1 aromatic carbocycles. The normalized spacial score (nSPS) is 8.29. The number of hydrogen-bond donors (Lipinski definition) is 2. The monoisotopic (exact) mass is 202 g/mol. The second kappa shape index (κ2) is 10.7. The van der Waals surface area contributed by atoms with Crippen LogP contribution in [0.25, 0.3) is 0 Å². The maximum absolute atomic E-state index is 6.24. The molecule has 0 aromatic heterocycles. The van der Waals surface area contributed by atoms with E-state index in [1.54, 1.807) is 0 Å². The number of rotatable bonds is 3. The van der Waals surface area contributed by atoms with E-state index < -0.39 is 0 Å². The molecule has 0 amide bonds. The zero-order chi connectivity index (χ0) is 10.1. The molecule has 2 N–H and O–H groups in total. The number of hydrogen-bond acceptors (Lipinski definition) is 1. The number of nitrogens with one attached hydrogen (secondary N) is 2. The van der Waals surface area contributed by atoms with Crippen molar-refractivity contribution in [1.82, 2.24) is 5.32 Å². The van der Waals surface area contributed by atoms with Crippen LogP contribution in [0, 0.1) is 5.41 Å². The van der Waals surface area contributed by atoms with Crippen LogP contribution in [0.5, 0.6) is 0 Å². The van der Waals surface area contributed by atoms with E-state index >= 15 is 0 Å². The summed E-state index contributed by atoms with van der Waals surface area (Å²) in [4.78, 5) is 0. The van der Waals surface area contributed by atoms with Gasteiger partial charge in [-0.1, -0.05) is 26.7 Å². The van der Waals surface area contributed by atoms with Crippen molar-refractivity contribution in [3.05, 3.63) is 29.8 Å². The van der Waals surface area contributed by atoms with E-state index in [4.69, 9.17) is 5.41 Å². The van der Waals surface area contributed by atoms with E-state index in [9.17, 15) is 0 Å². The summed E-state index contributed by atoms with van der Waals surface area (Å²) in [6.07, 6.45) is 2.02. The molecule has 0 saturated carbocycles. The van der Waals surface area contributed by atoms with Crippen LogP contribution < -0.4 is 5.32 Å². The molecule has 0 fully saturated rings. The molecule has 0 aliphatic rings. The van der Waals surface area contributed by atoms with E-state index in [0.29, 0.717) is 5.92 Å². The Balaban J connectivity index is 0. The molecule has 0 spiro atoms. The first-order valence-electron chi connectivity index (χ1n) is 4.58. The Bertz CT molecular complexity index is 205. The molecule has 0 saturated heterocycles. The minimum atomic E-state index is 0. The maximum atomic E-state index is 6.24. The second-order valence-electron chi connectivity index (χ2n) is 3.03. The minimum Gasteiger partial charge on any atom is -0.551 e. The average Bonchev–Trinajstić information content (AvgIpc) is 2.58. The van der Waals surface area contributed by atoms with Crippen LogP contribution in [0.1, 0.15) is 32.3 Å². The van der Waals surface area contributed by atoms with E-state index in [-0.39, 0.29) is 23.1 Å². The van der Waals surface area contributed by atoms with Crippen LogP contribution in [0.15, 0.2) is 24.3 Å². The zero-order valence-electron chi connectivity index (χ0n) is 9.30. The summed E-state index contributed by atoms with van der Waals surface area (Å²) < 4.78 is 0. The molecule has 14 heavy (non-hydrogen) atoms. The van der Waals surface area contributed by atoms with Crippen molar-refractivity contribution in [3.8, 4) is 0 Å². The van der Waals surface area contributed by atoms with Crippen LogP contribution in [-0.2, 0) is 0 Å². The Hall–Kier alpha value is -0.414. The maximum Gasteiger partial charge on any atom is 2.00 e. The van der Waals surface area contributed by atoms with Crippen molar-refractivity contribution >= 4 is 29.4 Å². The Labute approximate surface area is 103 Å². The fourth-order valence-corrected chi connectivity index (χ4v) is 0.862. The molecule has 0 radical (unpaired) electrons. The summed E-state index contributed by atoms with van der Waals surface area (Å²) in [5.74, 6) is 0.685. The van der Waals surface area contributed by atoms with E-state index in [0.717, 1.165) is 6.54 Å². The average molecular weight is 203 g/mol. The third-order valence-electron chi connectivity index (χ3n) is 1.62. The van der Waals surface area contributed by atoms with Gasteiger partial charge in [0, 0.05) is 0 Å². The van der Waals surface area contributed by atoms with Crippen molar-refractivity contribution in [3.63, 3.8) is 0 Å². The fraction of sp³-hybridized carbons (Fsp3) is 0.455. The van der Waals surface area contributed by atoms with Crippen molar-refractivity contribution < 1.29 is 0 Å². The van der Waals surface area contributed by atoms with Gasteiger partial charge in [0.2, 0.25) is 0 Å². The molecule has 0 aliphatic carbocycles. The Morgan fingerprint density at radius 1 is 1.36 bits per heavy atom. The summed E-state index contributed by atoms with van der Waals surface area (Å²) >= 11 is 0. The summed E-state index contributed by atoms with van der Waals surface area (Å²) in [6.45, 7) is 7.12. The predicted octanol–water partition coefficient (Wildman–Crippen LogP) is 2.23. The second-order valence-corrected chi connectivity index (χ2v) is 3.03. The minimum absolute atomic E-state index is 0. The van der Waals surface area contributed by atoms with Gasteiger partial charge in [-0.3, -0.25) is 0 Å². The van der Waals surface area contributed by atoms with Crippen molar-refractivity contribution in [2.45, 2.75) is 26.7 Å². The van der Waals surface area contributed by atoms with Gasteiger partial charge in [-0.15, -0.1) is 0 Å². The molecule has 74 valence electrons. The van der Waals surface area contributed by atoms with Crippen LogP contribution in [0.3, 0.4) is 0 Å². The standard InChI is InChI=1S/C8H11.C3H7N2.Mg/c1-7(2)8-5-3-4-6-8;1-2-5-3-4;/h3-7H,1-2H3;2H2,1H3,(H2,4,5);/q2*-1;+2. The van der Waals surface area contributed by atoms with Gasteiger partial charge in [0.15, 0.2) is 0 Å². The molecule has 2 nitrogen and oxygen atoms in total. The summed E-state index contributed by atoms with van der Waals surface area (Å²) in [5.41, 5.74) is 1.44. The van der Waals surface area contributed by atoms with Gasteiger partial charge in [-0.2, -0.15) is 17.7 Å². The largest absolute Gasteiger partial charge is 2.00 e. The first-order chi connectivity index (χ1) is 6.22. The first kappa shape index (κ1) is 16.0. The van der Waals surface area contributed by atoms with Crippen LogP contribution in [0.2, 0.25) is 0 Å². The Morgan fingerprint density at radius 2 is 1.86 bits per heavy atom. The van der Waals surface area contributed by atoms with Gasteiger partial charge in [-0.05, 0) is 6.54 Å². The topological polar surface area (TPSA) is 35.9 Å². The zero-order valence-corrected chi connectivity index (χ0v) is 10.7. The third-order valence-corrected chi connectivity index (χ3v) is 1.62. The van der Waals surface area contributed by atoms with Crippen molar-refractivity contribution in [2.24, 2.45) is 0 Å². The molecular formula is C11H18MgN2. The molecule has 0 atom stereocenters. The van der Waals surface area contributed by atoms with Crippen molar-refractivity contribution in [2.75, 3.05) is 6.54 Å². The molecule has 3 heteroatoms. The molecule has 0 heterocycles. The summed E-state index contributed by atoms with van der Waals surface area (Å²) in [5, 5.41) is 8.77. The van der Waals surface area contributed by atoms with E-state index in [1.807, 2.05) is 13.3 Å². The SMILES string of the molecule is CC(C)[c-]1cccc1.CCN[C-]=N.[Mg+2]. The smallest absolute Gasteiger partial charge is 0.551 e. The molecule has 0 bridgehead atoms. The van der Waals surface area contributed by atoms with Crippen molar-refractivity contribution in [1.29, 1.82) is 5.41 Å². The van der Waals surface area contributed by atoms with Gasteiger partial charge in [0.25, 0.3) is 0 Å². The van der Waals surface area contributed by atoms with Gasteiger partial charge < -0.3 is 17.1 Å². The van der Waals surface area contributed by atoms with Gasteiger partial charge in [0.1, 0.15) is 0 Å². The fourth-order valence-electron chi connectivity index (χ4n) is 0.862. The molecule has 1 rings (SSSR count). The quantitative estimate of drug-likeness (QED) is 0.255. The molecule has 0 aliphatic heterocycles. The van der Waals surface area contributed by atoms with Crippen LogP contribution in [0.4, 0.5) is 0 Å². The third kappa shape index (κ3) is 8.20. The first-order valence-corrected chi connectivity index (χ1v) is 4.58. The predicted molar refractivity (Wildman–Crippen MR) is 63.3 cm³/mol. The molecule has 0 unspecified atom stereocenters. The summed E-state index contributed by atoms with van der Waals surface area (Å²) in [7, 11) is 0. The Kier molecular flexibility index (Phi) is 12.2. The van der Waals surface area contributed by atoms with Gasteiger partial charge >= 0.3 is 23.1 Å².